The number of aliphatic hydroxyl groups is 1. The van der Waals surface area contributed by atoms with Gasteiger partial charge in [0.1, 0.15) is 17.5 Å². The fraction of sp³-hybridized carbons (Fsp3) is 0.417. The molecule has 180 valence electrons. The van der Waals surface area contributed by atoms with Crippen LogP contribution in [0.2, 0.25) is 5.02 Å². The lowest BCUT2D eigenvalue weighted by molar-refractivity contribution is -0.121. The Labute approximate surface area is 200 Å². The van der Waals surface area contributed by atoms with Crippen molar-refractivity contribution >= 4 is 29.2 Å². The van der Waals surface area contributed by atoms with Crippen LogP contribution in [0.1, 0.15) is 37.5 Å². The number of β-amino-alcohol motifs (C(OH)–C–C–N with tert-alkyl or cyclic N) is 1. The number of fused-ring (bicyclic) bond motifs is 1. The molecular formula is C24H24ClF2N3O4. The first-order chi connectivity index (χ1) is 16.0. The van der Waals surface area contributed by atoms with Gasteiger partial charge in [0.2, 0.25) is 0 Å². The van der Waals surface area contributed by atoms with E-state index in [-0.39, 0.29) is 22.5 Å². The Morgan fingerprint density at radius 1 is 1.18 bits per heavy atom. The molecule has 2 saturated heterocycles. The lowest BCUT2D eigenvalue weighted by Gasteiger charge is -2.30. The van der Waals surface area contributed by atoms with Crippen molar-refractivity contribution in [1.29, 1.82) is 0 Å². The number of nitrogens with zero attached hydrogens (tertiary/aromatic N) is 2. The van der Waals surface area contributed by atoms with Crippen LogP contribution in [0.25, 0.3) is 0 Å². The van der Waals surface area contributed by atoms with Crippen molar-refractivity contribution in [3.63, 3.8) is 0 Å². The first-order valence-electron chi connectivity index (χ1n) is 11.1. The molecule has 34 heavy (non-hydrogen) atoms. The molecule has 0 radical (unpaired) electrons. The van der Waals surface area contributed by atoms with Gasteiger partial charge in [-0.15, -0.1) is 0 Å². The van der Waals surface area contributed by atoms with Gasteiger partial charge in [0.25, 0.3) is 5.91 Å². The fourth-order valence-electron chi connectivity index (χ4n) is 4.99. The highest BCUT2D eigenvalue weighted by atomic mass is 35.5. The van der Waals surface area contributed by atoms with Gasteiger partial charge in [-0.1, -0.05) is 11.6 Å². The van der Waals surface area contributed by atoms with E-state index in [9.17, 15) is 23.5 Å². The van der Waals surface area contributed by atoms with E-state index in [2.05, 4.69) is 5.32 Å². The second kappa shape index (κ2) is 8.18. The highest BCUT2D eigenvalue weighted by Gasteiger charge is 2.46. The van der Waals surface area contributed by atoms with Gasteiger partial charge >= 0.3 is 6.03 Å². The van der Waals surface area contributed by atoms with Crippen LogP contribution in [0.15, 0.2) is 30.3 Å². The third-order valence-electron chi connectivity index (χ3n) is 6.72. The Hall–Kier alpha value is -2.75. The maximum Gasteiger partial charge on any atom is 0.329 e. The number of halogens is 3. The molecule has 0 spiro atoms. The summed E-state index contributed by atoms with van der Waals surface area (Å²) < 4.78 is 35.7. The number of nitrogens with one attached hydrogen (secondary N) is 1. The first-order valence-corrected chi connectivity index (χ1v) is 11.5. The SMILES string of the molecule is CC1(C)NC(=O)N(c2ccc(F)c(O[C@H]3c4cc(Cl)cc(F)c4C[C@@H]3N3CCC(O)C3)c2)C1=O. The number of aliphatic hydroxyl groups excluding tert-OH is 1. The average molecular weight is 492 g/mol. The summed E-state index contributed by atoms with van der Waals surface area (Å²) in [6.07, 6.45) is -0.369. The molecule has 2 aliphatic heterocycles. The first kappa shape index (κ1) is 23.0. The molecule has 10 heteroatoms. The minimum Gasteiger partial charge on any atom is -0.481 e. The fourth-order valence-corrected chi connectivity index (χ4v) is 5.20. The summed E-state index contributed by atoms with van der Waals surface area (Å²) in [6, 6.07) is 5.63. The van der Waals surface area contributed by atoms with E-state index in [1.165, 1.54) is 18.2 Å². The third-order valence-corrected chi connectivity index (χ3v) is 6.93. The third kappa shape index (κ3) is 3.81. The number of ether oxygens (including phenoxy) is 1. The van der Waals surface area contributed by atoms with E-state index in [1.807, 2.05) is 4.90 Å². The van der Waals surface area contributed by atoms with Crippen molar-refractivity contribution < 1.29 is 28.2 Å². The van der Waals surface area contributed by atoms with Gasteiger partial charge < -0.3 is 15.2 Å². The summed E-state index contributed by atoms with van der Waals surface area (Å²) in [5, 5.41) is 12.8. The summed E-state index contributed by atoms with van der Waals surface area (Å²) in [7, 11) is 0. The Bertz CT molecular complexity index is 1190. The molecule has 2 fully saturated rings. The van der Waals surface area contributed by atoms with Crippen LogP contribution in [-0.2, 0) is 11.2 Å². The lowest BCUT2D eigenvalue weighted by Crippen LogP contribution is -2.40. The van der Waals surface area contributed by atoms with Gasteiger partial charge in [0, 0.05) is 29.7 Å². The molecule has 3 aliphatic rings. The van der Waals surface area contributed by atoms with Crippen molar-refractivity contribution in [2.75, 3.05) is 18.0 Å². The molecule has 2 heterocycles. The van der Waals surface area contributed by atoms with E-state index in [1.54, 1.807) is 19.9 Å². The predicted octanol–water partition coefficient (Wildman–Crippen LogP) is 3.56. The van der Waals surface area contributed by atoms with Crippen molar-refractivity contribution in [3.8, 4) is 5.75 Å². The minimum atomic E-state index is -1.09. The molecule has 2 N–H and O–H groups in total. The molecule has 2 aromatic carbocycles. The number of hydrogen-bond acceptors (Lipinski definition) is 5. The van der Waals surface area contributed by atoms with Crippen LogP contribution in [0.3, 0.4) is 0 Å². The number of carbonyl (C=O) groups is 2. The molecule has 3 amide bonds. The largest absolute Gasteiger partial charge is 0.481 e. The van der Waals surface area contributed by atoms with Gasteiger partial charge in [-0.25, -0.2) is 18.5 Å². The number of rotatable bonds is 4. The topological polar surface area (TPSA) is 82.1 Å². The number of likely N-dealkylation sites (tertiary alicyclic amines) is 1. The molecule has 0 aromatic heterocycles. The maximum atomic E-state index is 14.9. The molecular weight excluding hydrogens is 468 g/mol. The van der Waals surface area contributed by atoms with E-state index < -0.39 is 41.3 Å². The summed E-state index contributed by atoms with van der Waals surface area (Å²) in [4.78, 5) is 28.1. The summed E-state index contributed by atoms with van der Waals surface area (Å²) in [6.45, 7) is 4.15. The summed E-state index contributed by atoms with van der Waals surface area (Å²) in [5.74, 6) is -1.80. The zero-order valence-corrected chi connectivity index (χ0v) is 19.4. The lowest BCUT2D eigenvalue weighted by atomic mass is 10.1. The van der Waals surface area contributed by atoms with E-state index >= 15 is 0 Å². The van der Waals surface area contributed by atoms with Crippen LogP contribution < -0.4 is 15.0 Å². The zero-order valence-electron chi connectivity index (χ0n) is 18.6. The molecule has 0 bridgehead atoms. The van der Waals surface area contributed by atoms with Crippen LogP contribution in [-0.4, -0.2) is 52.7 Å². The second-order valence-corrected chi connectivity index (χ2v) is 9.95. The number of imide groups is 1. The smallest absolute Gasteiger partial charge is 0.329 e. The van der Waals surface area contributed by atoms with E-state index in [0.717, 1.165) is 11.0 Å². The molecule has 3 atom stereocenters. The number of urea groups is 1. The number of anilines is 1. The molecule has 1 unspecified atom stereocenters. The van der Waals surface area contributed by atoms with Gasteiger partial charge in [-0.2, -0.15) is 0 Å². The number of carbonyl (C=O) groups excluding carboxylic acids is 2. The quantitative estimate of drug-likeness (QED) is 0.639. The number of hydrogen-bond donors (Lipinski definition) is 2. The standard InChI is InChI=1S/C24H24ClF2N3O4/c1-24(2)22(32)30(23(33)28-24)13-3-4-17(26)20(9-13)34-21-16-7-12(25)8-18(27)15(16)10-19(21)29-6-5-14(31)11-29/h3-4,7-9,14,19,21,31H,5-6,10-11H2,1-2H3,(H,28,33)/t14?,19-,21-/m0/s1. The summed E-state index contributed by atoms with van der Waals surface area (Å²) in [5.41, 5.74) is 0.0194. The average Bonchev–Trinajstić information content (AvgIpc) is 3.39. The minimum absolute atomic E-state index is 0.160. The van der Waals surface area contributed by atoms with Gasteiger partial charge in [-0.05, 0) is 56.5 Å². The predicted molar refractivity (Wildman–Crippen MR) is 121 cm³/mol. The number of benzene rings is 2. The van der Waals surface area contributed by atoms with Crippen LogP contribution in [0.5, 0.6) is 5.75 Å². The van der Waals surface area contributed by atoms with Crippen molar-refractivity contribution in [1.82, 2.24) is 10.2 Å². The van der Waals surface area contributed by atoms with E-state index in [0.29, 0.717) is 37.1 Å². The van der Waals surface area contributed by atoms with E-state index in [4.69, 9.17) is 16.3 Å². The van der Waals surface area contributed by atoms with Crippen molar-refractivity contribution in [3.05, 3.63) is 58.1 Å². The Kier molecular flexibility index (Phi) is 5.54. The number of amides is 3. The van der Waals surface area contributed by atoms with Gasteiger partial charge in [0.15, 0.2) is 11.6 Å². The highest BCUT2D eigenvalue weighted by molar-refractivity contribution is 6.30. The Morgan fingerprint density at radius 3 is 2.59 bits per heavy atom. The second-order valence-electron chi connectivity index (χ2n) is 9.51. The molecule has 2 aromatic rings. The normalized spacial score (nSPS) is 26.2. The van der Waals surface area contributed by atoms with Crippen LogP contribution >= 0.6 is 11.6 Å². The maximum absolute atomic E-state index is 14.9. The van der Waals surface area contributed by atoms with Crippen LogP contribution in [0.4, 0.5) is 19.3 Å². The monoisotopic (exact) mass is 491 g/mol. The van der Waals surface area contributed by atoms with Crippen molar-refractivity contribution in [2.24, 2.45) is 0 Å². The highest BCUT2D eigenvalue weighted by Crippen LogP contribution is 2.42. The Balaban J connectivity index is 1.52. The molecule has 5 rings (SSSR count). The molecule has 1 aliphatic carbocycles. The van der Waals surface area contributed by atoms with Crippen LogP contribution in [0, 0.1) is 11.6 Å². The summed E-state index contributed by atoms with van der Waals surface area (Å²) >= 11 is 6.12. The molecule has 0 saturated carbocycles. The Morgan fingerprint density at radius 2 is 1.94 bits per heavy atom. The van der Waals surface area contributed by atoms with Crippen molar-refractivity contribution in [2.45, 2.75) is 50.5 Å². The van der Waals surface area contributed by atoms with Gasteiger partial charge in [0.05, 0.1) is 17.8 Å². The van der Waals surface area contributed by atoms with Gasteiger partial charge in [-0.3, -0.25) is 9.69 Å². The molecule has 7 nitrogen and oxygen atoms in total. The zero-order chi connectivity index (χ0) is 24.4.